The lowest BCUT2D eigenvalue weighted by Crippen LogP contribution is -2.31. The normalized spacial score (nSPS) is 18.4. The Kier molecular flexibility index (Phi) is 7.24. The molecule has 0 atom stereocenters. The van der Waals surface area contributed by atoms with E-state index in [1.165, 1.54) is 0 Å². The molecule has 0 unspecified atom stereocenters. The lowest BCUT2D eigenvalue weighted by Gasteiger charge is -2.29. The number of carbonyl (C=O) groups excluding carboxylic acids is 1. The fourth-order valence-electron chi connectivity index (χ4n) is 4.66. The van der Waals surface area contributed by atoms with E-state index in [1.54, 1.807) is 6.33 Å². The van der Waals surface area contributed by atoms with Gasteiger partial charge in [-0.25, -0.2) is 9.97 Å². The summed E-state index contributed by atoms with van der Waals surface area (Å²) in [6, 6.07) is 8.00. The minimum atomic E-state index is 0.141. The van der Waals surface area contributed by atoms with Crippen molar-refractivity contribution < 1.29 is 4.79 Å². The number of aromatic nitrogens is 5. The van der Waals surface area contributed by atoms with Crippen LogP contribution in [0.5, 0.6) is 0 Å². The summed E-state index contributed by atoms with van der Waals surface area (Å²) in [4.78, 5) is 25.6. The zero-order valence-electron chi connectivity index (χ0n) is 19.0. The van der Waals surface area contributed by atoms with Gasteiger partial charge < -0.3 is 5.32 Å². The Morgan fingerprint density at radius 3 is 2.72 bits per heavy atom. The van der Waals surface area contributed by atoms with Crippen molar-refractivity contribution in [2.45, 2.75) is 64.8 Å². The molecule has 4 rings (SSSR count). The summed E-state index contributed by atoms with van der Waals surface area (Å²) in [7, 11) is 0. The van der Waals surface area contributed by atoms with Gasteiger partial charge in [-0.1, -0.05) is 6.07 Å². The summed E-state index contributed by atoms with van der Waals surface area (Å²) in [6.07, 6.45) is 11.0. The number of rotatable bonds is 8. The van der Waals surface area contributed by atoms with Crippen LogP contribution < -0.4 is 5.32 Å². The van der Waals surface area contributed by atoms with E-state index in [0.717, 1.165) is 73.5 Å². The maximum atomic E-state index is 12.3. The molecule has 0 aromatic carbocycles. The average molecular weight is 433 g/mol. The van der Waals surface area contributed by atoms with E-state index in [-0.39, 0.29) is 5.91 Å². The van der Waals surface area contributed by atoms with Crippen LogP contribution in [0, 0.1) is 19.8 Å². The first-order valence-corrected chi connectivity index (χ1v) is 11.6. The van der Waals surface area contributed by atoms with Crippen molar-refractivity contribution in [3.05, 3.63) is 60.1 Å². The zero-order valence-corrected chi connectivity index (χ0v) is 19.0. The predicted octanol–water partition coefficient (Wildman–Crippen LogP) is 4.22. The molecule has 3 aromatic rings. The summed E-state index contributed by atoms with van der Waals surface area (Å²) in [5.41, 5.74) is 5.24. The highest BCUT2D eigenvalue weighted by molar-refractivity contribution is 5.75. The van der Waals surface area contributed by atoms with Crippen molar-refractivity contribution in [2.75, 3.05) is 6.54 Å². The molecule has 0 bridgehead atoms. The third-order valence-electron chi connectivity index (χ3n) is 6.38. The standard InChI is InChI=1S/C25H32N6O/c1-18-14-19(2)31(30-18)13-5-7-24(32)28-15-20-8-10-21(11-9-20)25-22(16-26-17-29-25)23-6-3-4-12-27-23/h3-4,6,12,14,16-17,20-21H,5,7-11,13,15H2,1-2H3,(H,28,32). The van der Waals surface area contributed by atoms with Crippen molar-refractivity contribution in [2.24, 2.45) is 5.92 Å². The second kappa shape index (κ2) is 10.5. The van der Waals surface area contributed by atoms with Crippen LogP contribution in [0.15, 0.2) is 43.0 Å². The van der Waals surface area contributed by atoms with E-state index in [2.05, 4.69) is 38.4 Å². The molecule has 1 amide bonds. The minimum Gasteiger partial charge on any atom is -0.356 e. The smallest absolute Gasteiger partial charge is 0.220 e. The zero-order chi connectivity index (χ0) is 22.3. The molecule has 0 saturated heterocycles. The minimum absolute atomic E-state index is 0.141. The lowest BCUT2D eigenvalue weighted by atomic mass is 9.79. The van der Waals surface area contributed by atoms with Crippen LogP contribution in [0.4, 0.5) is 0 Å². The largest absolute Gasteiger partial charge is 0.356 e. The Hall–Kier alpha value is -3.09. The third kappa shape index (κ3) is 5.58. The highest BCUT2D eigenvalue weighted by Crippen LogP contribution is 2.38. The molecule has 7 nitrogen and oxygen atoms in total. The van der Waals surface area contributed by atoms with E-state index >= 15 is 0 Å². The van der Waals surface area contributed by atoms with Crippen LogP contribution in [0.1, 0.15) is 61.5 Å². The molecule has 32 heavy (non-hydrogen) atoms. The number of amides is 1. The van der Waals surface area contributed by atoms with Gasteiger partial charge in [-0.2, -0.15) is 5.10 Å². The Morgan fingerprint density at radius 2 is 2.00 bits per heavy atom. The quantitative estimate of drug-likeness (QED) is 0.576. The van der Waals surface area contributed by atoms with Gasteiger partial charge in [0, 0.05) is 49.1 Å². The Bertz CT molecular complexity index is 1020. The molecule has 1 saturated carbocycles. The Balaban J connectivity index is 1.22. The van der Waals surface area contributed by atoms with Crippen LogP contribution in [0.3, 0.4) is 0 Å². The number of hydrogen-bond acceptors (Lipinski definition) is 5. The summed E-state index contributed by atoms with van der Waals surface area (Å²) < 4.78 is 1.98. The second-order valence-corrected chi connectivity index (χ2v) is 8.81. The van der Waals surface area contributed by atoms with E-state index < -0.39 is 0 Å². The number of pyridine rings is 1. The van der Waals surface area contributed by atoms with Crippen LogP contribution in [-0.4, -0.2) is 37.2 Å². The Morgan fingerprint density at radius 1 is 1.16 bits per heavy atom. The molecular weight excluding hydrogens is 400 g/mol. The summed E-state index contributed by atoms with van der Waals surface area (Å²) in [6.45, 7) is 5.60. The predicted molar refractivity (Wildman–Crippen MR) is 124 cm³/mol. The summed E-state index contributed by atoms with van der Waals surface area (Å²) in [5, 5.41) is 7.60. The highest BCUT2D eigenvalue weighted by Gasteiger charge is 2.26. The van der Waals surface area contributed by atoms with Crippen LogP contribution >= 0.6 is 0 Å². The number of nitrogens with zero attached hydrogens (tertiary/aromatic N) is 5. The second-order valence-electron chi connectivity index (χ2n) is 8.81. The number of nitrogens with one attached hydrogen (secondary N) is 1. The summed E-state index contributed by atoms with van der Waals surface area (Å²) >= 11 is 0. The van der Waals surface area contributed by atoms with E-state index in [0.29, 0.717) is 18.3 Å². The first-order valence-electron chi connectivity index (χ1n) is 11.6. The molecule has 1 fully saturated rings. The maximum absolute atomic E-state index is 12.3. The van der Waals surface area contributed by atoms with E-state index in [4.69, 9.17) is 0 Å². The first-order chi connectivity index (χ1) is 15.6. The number of aryl methyl sites for hydroxylation is 3. The van der Waals surface area contributed by atoms with Gasteiger partial charge in [0.15, 0.2) is 0 Å². The molecular formula is C25H32N6O. The summed E-state index contributed by atoms with van der Waals surface area (Å²) in [5.74, 6) is 1.09. The SMILES string of the molecule is Cc1cc(C)n(CCCC(=O)NCC2CCC(c3ncncc3-c3ccccn3)CC2)n1. The lowest BCUT2D eigenvalue weighted by molar-refractivity contribution is -0.121. The number of carbonyl (C=O) groups is 1. The van der Waals surface area contributed by atoms with Gasteiger partial charge in [-0.05, 0) is 70.1 Å². The van der Waals surface area contributed by atoms with Gasteiger partial charge >= 0.3 is 0 Å². The van der Waals surface area contributed by atoms with Crippen molar-refractivity contribution in [3.63, 3.8) is 0 Å². The van der Waals surface area contributed by atoms with Crippen LogP contribution in [-0.2, 0) is 11.3 Å². The molecule has 3 aromatic heterocycles. The fraction of sp³-hybridized carbons (Fsp3) is 0.480. The molecule has 168 valence electrons. The number of hydrogen-bond donors (Lipinski definition) is 1. The molecule has 1 N–H and O–H groups in total. The van der Waals surface area contributed by atoms with Crippen LogP contribution in [0.25, 0.3) is 11.3 Å². The molecule has 0 radical (unpaired) electrons. The maximum Gasteiger partial charge on any atom is 0.220 e. The monoisotopic (exact) mass is 432 g/mol. The van der Waals surface area contributed by atoms with Gasteiger partial charge in [0.1, 0.15) is 6.33 Å². The van der Waals surface area contributed by atoms with Gasteiger partial charge in [-0.3, -0.25) is 14.5 Å². The average Bonchev–Trinajstić information content (AvgIpc) is 3.15. The molecule has 3 heterocycles. The topological polar surface area (TPSA) is 85.6 Å². The van der Waals surface area contributed by atoms with Crippen molar-refractivity contribution in [1.82, 2.24) is 30.0 Å². The van der Waals surface area contributed by atoms with Gasteiger partial charge in [0.2, 0.25) is 5.91 Å². The van der Waals surface area contributed by atoms with Crippen molar-refractivity contribution in [3.8, 4) is 11.3 Å². The van der Waals surface area contributed by atoms with Gasteiger partial charge in [0.05, 0.1) is 17.1 Å². The third-order valence-corrected chi connectivity index (χ3v) is 6.38. The molecule has 0 aliphatic heterocycles. The van der Waals surface area contributed by atoms with Gasteiger partial charge in [-0.15, -0.1) is 0 Å². The Labute approximate surface area is 189 Å². The first kappa shape index (κ1) is 22.1. The van der Waals surface area contributed by atoms with Crippen molar-refractivity contribution >= 4 is 5.91 Å². The van der Waals surface area contributed by atoms with Gasteiger partial charge in [0.25, 0.3) is 0 Å². The molecule has 1 aliphatic rings. The van der Waals surface area contributed by atoms with Crippen molar-refractivity contribution in [1.29, 1.82) is 0 Å². The van der Waals surface area contributed by atoms with Crippen LogP contribution in [0.2, 0.25) is 0 Å². The van der Waals surface area contributed by atoms with E-state index in [1.807, 2.05) is 42.2 Å². The molecule has 1 aliphatic carbocycles. The highest BCUT2D eigenvalue weighted by atomic mass is 16.1. The molecule has 0 spiro atoms. The fourth-order valence-corrected chi connectivity index (χ4v) is 4.66. The van der Waals surface area contributed by atoms with E-state index in [9.17, 15) is 4.79 Å². The molecule has 7 heteroatoms.